The van der Waals surface area contributed by atoms with E-state index in [0.29, 0.717) is 18.0 Å². The van der Waals surface area contributed by atoms with Gasteiger partial charge in [0.25, 0.3) is 0 Å². The lowest BCUT2D eigenvalue weighted by Gasteiger charge is -2.31. The summed E-state index contributed by atoms with van der Waals surface area (Å²) in [5, 5.41) is 7.03. The molecule has 1 aliphatic heterocycles. The summed E-state index contributed by atoms with van der Waals surface area (Å²) < 4.78 is 0. The van der Waals surface area contributed by atoms with Crippen LogP contribution in [-0.4, -0.2) is 73.7 Å². The first-order chi connectivity index (χ1) is 10.2. The maximum absolute atomic E-state index is 4.81. The molecule has 1 aliphatic rings. The molecule has 0 radical (unpaired) electrons. The Kier molecular flexibility index (Phi) is 10.00. The number of hydrogen-bond donors (Lipinski definition) is 2. The molecule has 0 aromatic rings. The van der Waals surface area contributed by atoms with Gasteiger partial charge in [-0.2, -0.15) is 0 Å². The van der Waals surface area contributed by atoms with Gasteiger partial charge in [-0.3, -0.25) is 9.89 Å². The van der Waals surface area contributed by atoms with E-state index in [0.717, 1.165) is 32.1 Å². The molecule has 0 saturated carbocycles. The van der Waals surface area contributed by atoms with Gasteiger partial charge in [-0.15, -0.1) is 24.0 Å². The molecule has 0 aromatic heterocycles. The van der Waals surface area contributed by atoms with Crippen molar-refractivity contribution in [3.63, 3.8) is 0 Å². The monoisotopic (exact) mass is 439 g/mol. The lowest BCUT2D eigenvalue weighted by atomic mass is 10.1. The number of likely N-dealkylation sites (N-methyl/N-ethyl adjacent to an activating group) is 1. The van der Waals surface area contributed by atoms with Crippen molar-refractivity contribution in [2.45, 2.75) is 59.2 Å². The molecule has 1 saturated heterocycles. The van der Waals surface area contributed by atoms with Crippen LogP contribution in [0.5, 0.6) is 0 Å². The van der Waals surface area contributed by atoms with Crippen LogP contribution >= 0.6 is 24.0 Å². The van der Waals surface area contributed by atoms with Crippen LogP contribution in [0.1, 0.15) is 41.5 Å². The van der Waals surface area contributed by atoms with Crippen LogP contribution < -0.4 is 10.6 Å². The maximum Gasteiger partial charge on any atom is 0.191 e. The summed E-state index contributed by atoms with van der Waals surface area (Å²) in [5.41, 5.74) is 0.0631. The second-order valence-corrected chi connectivity index (χ2v) is 7.68. The fourth-order valence-corrected chi connectivity index (χ4v) is 2.52. The number of nitrogens with zero attached hydrogens (tertiary/aromatic N) is 3. The van der Waals surface area contributed by atoms with Crippen molar-refractivity contribution < 1.29 is 0 Å². The third-order valence-corrected chi connectivity index (χ3v) is 4.87. The minimum absolute atomic E-state index is 0. The molecule has 138 valence electrons. The summed E-state index contributed by atoms with van der Waals surface area (Å²) in [7, 11) is 4.21. The summed E-state index contributed by atoms with van der Waals surface area (Å²) in [6.45, 7) is 17.4. The molecule has 23 heavy (non-hydrogen) atoms. The summed E-state index contributed by atoms with van der Waals surface area (Å²) >= 11 is 0. The summed E-state index contributed by atoms with van der Waals surface area (Å²) in [6, 6.07) is 1.09. The molecule has 0 bridgehead atoms. The summed E-state index contributed by atoms with van der Waals surface area (Å²) in [5.74, 6) is 1.59. The van der Waals surface area contributed by atoms with Crippen molar-refractivity contribution in [3.8, 4) is 0 Å². The first-order valence-corrected chi connectivity index (χ1v) is 8.63. The maximum atomic E-state index is 4.81. The van der Waals surface area contributed by atoms with Crippen molar-refractivity contribution in [1.29, 1.82) is 0 Å². The smallest absolute Gasteiger partial charge is 0.191 e. The van der Waals surface area contributed by atoms with Gasteiger partial charge in [-0.1, -0.05) is 6.92 Å². The van der Waals surface area contributed by atoms with Gasteiger partial charge in [0, 0.05) is 37.3 Å². The summed E-state index contributed by atoms with van der Waals surface area (Å²) in [6.07, 6.45) is 0. The van der Waals surface area contributed by atoms with Crippen LogP contribution in [0.2, 0.25) is 0 Å². The highest BCUT2D eigenvalue weighted by Crippen LogP contribution is 2.18. The highest BCUT2D eigenvalue weighted by atomic mass is 127. The normalized spacial score (nSPS) is 23.3. The zero-order valence-corrected chi connectivity index (χ0v) is 18.6. The molecule has 0 spiro atoms. The van der Waals surface area contributed by atoms with Crippen LogP contribution in [-0.2, 0) is 0 Å². The van der Waals surface area contributed by atoms with E-state index in [2.05, 4.69) is 76.1 Å². The Morgan fingerprint density at radius 3 is 2.35 bits per heavy atom. The third kappa shape index (κ3) is 7.13. The standard InChI is InChI=1S/C17H37N5.HI/c1-9-18-16(19-12-17(5,6)21(7)8)20-15-11-22(13(2)3)10-14(15)4;/h13-15H,9-12H2,1-8H3,(H2,18,19,20);1H. The Hall–Kier alpha value is -0.0800. The van der Waals surface area contributed by atoms with E-state index in [1.165, 1.54) is 0 Å². The number of guanidine groups is 1. The van der Waals surface area contributed by atoms with Crippen LogP contribution in [0.4, 0.5) is 0 Å². The predicted molar refractivity (Wildman–Crippen MR) is 112 cm³/mol. The molecule has 2 N–H and O–H groups in total. The van der Waals surface area contributed by atoms with Crippen molar-refractivity contribution in [1.82, 2.24) is 20.4 Å². The van der Waals surface area contributed by atoms with E-state index in [1.807, 2.05) is 0 Å². The topological polar surface area (TPSA) is 42.9 Å². The molecular weight excluding hydrogens is 401 g/mol. The van der Waals surface area contributed by atoms with E-state index < -0.39 is 0 Å². The summed E-state index contributed by atoms with van der Waals surface area (Å²) in [4.78, 5) is 9.57. The number of hydrogen-bond acceptors (Lipinski definition) is 3. The van der Waals surface area contributed by atoms with E-state index in [-0.39, 0.29) is 29.5 Å². The molecule has 1 rings (SSSR count). The highest BCUT2D eigenvalue weighted by Gasteiger charge is 2.31. The van der Waals surface area contributed by atoms with Gasteiger partial charge in [-0.05, 0) is 54.6 Å². The van der Waals surface area contributed by atoms with Gasteiger partial charge in [0.15, 0.2) is 5.96 Å². The number of aliphatic imine (C=N–C) groups is 1. The number of halogens is 1. The van der Waals surface area contributed by atoms with Gasteiger partial charge < -0.3 is 15.5 Å². The third-order valence-electron chi connectivity index (χ3n) is 4.87. The molecule has 0 amide bonds. The second kappa shape index (κ2) is 10.0. The molecule has 1 heterocycles. The van der Waals surface area contributed by atoms with Gasteiger partial charge >= 0.3 is 0 Å². The molecule has 2 unspecified atom stereocenters. The van der Waals surface area contributed by atoms with E-state index >= 15 is 0 Å². The minimum atomic E-state index is 0. The molecular formula is C17H38IN5. The van der Waals surface area contributed by atoms with E-state index in [1.54, 1.807) is 0 Å². The van der Waals surface area contributed by atoms with Crippen molar-refractivity contribution in [2.24, 2.45) is 10.9 Å². The van der Waals surface area contributed by atoms with Crippen molar-refractivity contribution >= 4 is 29.9 Å². The van der Waals surface area contributed by atoms with E-state index in [9.17, 15) is 0 Å². The Bertz CT molecular complexity index is 368. The quantitative estimate of drug-likeness (QED) is 0.379. The van der Waals surface area contributed by atoms with Crippen LogP contribution in [0.25, 0.3) is 0 Å². The van der Waals surface area contributed by atoms with Gasteiger partial charge in [0.05, 0.1) is 6.54 Å². The van der Waals surface area contributed by atoms with Gasteiger partial charge in [0.1, 0.15) is 0 Å². The predicted octanol–water partition coefficient (Wildman–Crippen LogP) is 2.23. The Balaban J connectivity index is 0.00000484. The number of nitrogens with one attached hydrogen (secondary N) is 2. The first kappa shape index (κ1) is 22.9. The Morgan fingerprint density at radius 1 is 1.30 bits per heavy atom. The zero-order chi connectivity index (χ0) is 16.9. The Labute approximate surface area is 160 Å². The lowest BCUT2D eigenvalue weighted by molar-refractivity contribution is 0.204. The SMILES string of the molecule is CCNC(=NCC(C)(C)N(C)C)NC1CN(C(C)C)CC1C.I. The van der Waals surface area contributed by atoms with Gasteiger partial charge in [0.2, 0.25) is 0 Å². The van der Waals surface area contributed by atoms with Crippen LogP contribution in [0, 0.1) is 5.92 Å². The molecule has 1 fully saturated rings. The molecule has 5 nitrogen and oxygen atoms in total. The average molecular weight is 439 g/mol. The van der Waals surface area contributed by atoms with Crippen LogP contribution in [0.3, 0.4) is 0 Å². The largest absolute Gasteiger partial charge is 0.357 e. The fraction of sp³-hybridized carbons (Fsp3) is 0.941. The van der Waals surface area contributed by atoms with E-state index in [4.69, 9.17) is 4.99 Å². The average Bonchev–Trinajstić information content (AvgIpc) is 2.78. The molecule has 0 aromatic carbocycles. The van der Waals surface area contributed by atoms with Crippen LogP contribution in [0.15, 0.2) is 4.99 Å². The molecule has 2 atom stereocenters. The molecule has 0 aliphatic carbocycles. The van der Waals surface area contributed by atoms with Crippen molar-refractivity contribution in [3.05, 3.63) is 0 Å². The number of likely N-dealkylation sites (tertiary alicyclic amines) is 1. The lowest BCUT2D eigenvalue weighted by Crippen LogP contribution is -2.48. The fourth-order valence-electron chi connectivity index (χ4n) is 2.52. The molecule has 6 heteroatoms. The van der Waals surface area contributed by atoms with Gasteiger partial charge in [-0.25, -0.2) is 0 Å². The highest BCUT2D eigenvalue weighted by molar-refractivity contribution is 14.0. The second-order valence-electron chi connectivity index (χ2n) is 7.68. The first-order valence-electron chi connectivity index (χ1n) is 8.63. The minimum Gasteiger partial charge on any atom is -0.357 e. The zero-order valence-electron chi connectivity index (χ0n) is 16.3. The number of rotatable bonds is 6. The van der Waals surface area contributed by atoms with Crippen molar-refractivity contribution in [2.75, 3.05) is 40.3 Å². The Morgan fingerprint density at radius 2 is 1.91 bits per heavy atom.